The van der Waals surface area contributed by atoms with Gasteiger partial charge in [-0.25, -0.2) is 4.98 Å². The van der Waals surface area contributed by atoms with Crippen LogP contribution >= 0.6 is 0 Å². The molecule has 16 amide bonds. The maximum atomic E-state index is 14.9. The van der Waals surface area contributed by atoms with Crippen LogP contribution in [0.3, 0.4) is 0 Å². The monoisotopic (exact) mass is 1770 g/mol. The number of phenols is 1. The van der Waals surface area contributed by atoms with Crippen molar-refractivity contribution >= 4 is 118 Å². The Morgan fingerprint density at radius 1 is 0.429 bits per heavy atom. The number of nitrogens with two attached hydrogens (primary N) is 6. The Labute approximate surface area is 730 Å². The van der Waals surface area contributed by atoms with Crippen molar-refractivity contribution in [2.24, 2.45) is 58.1 Å². The minimum Gasteiger partial charge on any atom is -0.508 e. The quantitative estimate of drug-likeness (QED) is 0.0166. The van der Waals surface area contributed by atoms with E-state index in [2.05, 4.69) is 95.0 Å². The third-order valence-corrected chi connectivity index (χ3v) is 19.4. The van der Waals surface area contributed by atoms with Crippen LogP contribution in [0.15, 0.2) is 60.6 Å². The summed E-state index contributed by atoms with van der Waals surface area (Å²) in [4.78, 5) is 243. The Morgan fingerprint density at radius 3 is 1.17 bits per heavy atom. The Morgan fingerprint density at radius 2 is 0.794 bits per heavy atom. The molecule has 0 radical (unpaired) electrons. The second-order valence-electron chi connectivity index (χ2n) is 32.4. The van der Waals surface area contributed by atoms with Crippen LogP contribution in [0.25, 0.3) is 0 Å². The molecule has 1 aliphatic rings. The van der Waals surface area contributed by atoms with E-state index in [4.69, 9.17) is 50.6 Å². The zero-order valence-electron chi connectivity index (χ0n) is 72.8. The average Bonchev–Trinajstić information content (AvgIpc) is 1.15. The van der Waals surface area contributed by atoms with E-state index in [-0.39, 0.29) is 127 Å². The number of rotatable bonds is 57. The van der Waals surface area contributed by atoms with Gasteiger partial charge < -0.3 is 135 Å². The van der Waals surface area contributed by atoms with Crippen LogP contribution in [0.5, 0.6) is 5.75 Å². The van der Waals surface area contributed by atoms with E-state index < -0.39 is 228 Å². The Hall–Kier alpha value is -13.3. The summed E-state index contributed by atoms with van der Waals surface area (Å²) in [5.74, 6) is -19.2. The number of hydrogen-bond donors (Lipinski definition) is 28. The second kappa shape index (κ2) is 54.3. The zero-order valence-corrected chi connectivity index (χ0v) is 72.8. The van der Waals surface area contributed by atoms with E-state index in [1.54, 1.807) is 27.7 Å². The summed E-state index contributed by atoms with van der Waals surface area (Å²) >= 11 is 0. The Balaban J connectivity index is 2.00. The number of aromatic hydroxyl groups is 1. The number of H-pyrrole nitrogens is 1. The van der Waals surface area contributed by atoms with Crippen molar-refractivity contribution in [2.45, 2.75) is 257 Å². The van der Waals surface area contributed by atoms with Gasteiger partial charge in [-0.3, -0.25) is 97.7 Å². The number of phenolic OH excluding ortho intramolecular Hbond substituents is 1. The number of allylic oxidation sites excluding steroid dienone is 3. The highest BCUT2D eigenvalue weighted by Gasteiger charge is 2.40. The van der Waals surface area contributed by atoms with Crippen molar-refractivity contribution in [1.82, 2.24) is 95.0 Å². The molecule has 1 aromatic heterocycles. The fourth-order valence-corrected chi connectivity index (χ4v) is 12.9. The van der Waals surface area contributed by atoms with Gasteiger partial charge in [0.2, 0.25) is 94.5 Å². The van der Waals surface area contributed by atoms with Crippen molar-refractivity contribution in [2.75, 3.05) is 19.6 Å². The lowest BCUT2D eigenvalue weighted by molar-refractivity contribution is -0.138. The predicted octanol–water partition coefficient (Wildman–Crippen LogP) is -6.34. The van der Waals surface area contributed by atoms with E-state index in [0.29, 0.717) is 16.8 Å². The smallest absolute Gasteiger partial charge is 0.245 e. The van der Waals surface area contributed by atoms with Gasteiger partial charge in [0.25, 0.3) is 0 Å². The van der Waals surface area contributed by atoms with E-state index in [9.17, 15) is 91.7 Å². The molecule has 14 atom stereocenters. The van der Waals surface area contributed by atoms with Crippen LogP contribution < -0.4 is 119 Å². The van der Waals surface area contributed by atoms with Crippen molar-refractivity contribution < 1.29 is 91.7 Å². The number of hydrogen-bond acceptors (Lipinski definition) is 23. The first-order chi connectivity index (χ1) is 59.1. The molecule has 3 rings (SSSR count). The fourth-order valence-electron chi connectivity index (χ4n) is 12.9. The molecular formula is C80H129N27O19. The molecule has 1 aromatic carbocycles. The molecule has 34 N–H and O–H groups in total. The molecule has 0 fully saturated rings. The van der Waals surface area contributed by atoms with Gasteiger partial charge in [0.1, 0.15) is 84.3 Å². The summed E-state index contributed by atoms with van der Waals surface area (Å²) in [5, 5.41) is 84.7. The largest absolute Gasteiger partial charge is 0.508 e. The van der Waals surface area contributed by atoms with Crippen molar-refractivity contribution in [3.05, 3.63) is 71.8 Å². The highest BCUT2D eigenvalue weighted by atomic mass is 16.3. The van der Waals surface area contributed by atoms with E-state index in [1.165, 1.54) is 75.8 Å². The van der Waals surface area contributed by atoms with Gasteiger partial charge in [-0.15, -0.1) is 0 Å². The number of nitrogens with one attached hydrogen (secondary N) is 20. The number of amides is 16. The maximum Gasteiger partial charge on any atom is 0.245 e. The summed E-state index contributed by atoms with van der Waals surface area (Å²) in [5.41, 5.74) is 34.5. The highest BCUT2D eigenvalue weighted by Crippen LogP contribution is 2.19. The molecule has 1 aliphatic carbocycles. The molecule has 0 saturated heterocycles. The van der Waals surface area contributed by atoms with Crippen LogP contribution in [-0.4, -0.2) is 243 Å². The number of ketones is 1. The number of aromatic amines is 1. The van der Waals surface area contributed by atoms with E-state index >= 15 is 0 Å². The first kappa shape index (κ1) is 107. The third-order valence-electron chi connectivity index (χ3n) is 19.4. The number of nitrogens with zero attached hydrogens (tertiary/aromatic N) is 1. The lowest BCUT2D eigenvalue weighted by Gasteiger charge is -2.30. The minimum atomic E-state index is -1.94. The van der Waals surface area contributed by atoms with Gasteiger partial charge in [0.15, 0.2) is 23.7 Å². The molecule has 126 heavy (non-hydrogen) atoms. The van der Waals surface area contributed by atoms with Gasteiger partial charge >= 0.3 is 0 Å². The molecule has 46 heteroatoms. The summed E-state index contributed by atoms with van der Waals surface area (Å²) in [6, 6.07) is -14.8. The van der Waals surface area contributed by atoms with Crippen LogP contribution in [0.4, 0.5) is 0 Å². The molecule has 0 spiro atoms. The molecule has 0 unspecified atom stereocenters. The fraction of sp³-hybridized carbons (Fsp3) is 0.588. The number of carbonyl (C=O) groups is 17. The van der Waals surface area contributed by atoms with Crippen LogP contribution in [0.1, 0.15) is 170 Å². The SMILES string of the molecule is CC(=O)N[C@@H](CC(C)C)C(=O)N[C@@H](CCCNC(=N)N)C(=O)N[C@@H](Cc1cnc[nH]1)C(=O)N[C@@H](CC1=CCC(=O)C=C1)C(=O)N[C@@H](CC(C)C)C(=O)N[C@@H](CC(N)=O)C(=O)N[C@@H](CC(C)C)C(=O)N[C@H](C(=O)N[C@H](C(=O)N[C@@H](CCCNC(=N)N)C(=O)N[C@@H](CCC(N)=O)C(=O)N[C@@H](CCCNC(=N)N)C(=O)N[C@@H](Cc1ccc(O)cc1)C(N)=O)[C@@H](C)O)C(C)C. The number of aliphatic hydroxyl groups is 1. The summed E-state index contributed by atoms with van der Waals surface area (Å²) < 4.78 is 0. The summed E-state index contributed by atoms with van der Waals surface area (Å²) in [6.45, 7) is 15.7. The molecular weight excluding hydrogens is 1640 g/mol. The van der Waals surface area contributed by atoms with Crippen molar-refractivity contribution in [3.63, 3.8) is 0 Å². The van der Waals surface area contributed by atoms with Crippen LogP contribution in [0, 0.1) is 39.9 Å². The van der Waals surface area contributed by atoms with Crippen molar-refractivity contribution in [1.29, 1.82) is 16.2 Å². The van der Waals surface area contributed by atoms with E-state index in [1.807, 2.05) is 13.8 Å². The van der Waals surface area contributed by atoms with Gasteiger partial charge in [0.05, 0.1) is 18.9 Å². The van der Waals surface area contributed by atoms with Gasteiger partial charge in [-0.1, -0.05) is 79.7 Å². The third kappa shape index (κ3) is 41.2. The van der Waals surface area contributed by atoms with Gasteiger partial charge in [0, 0.05) is 70.6 Å². The topological polar surface area (TPSA) is 779 Å². The lowest BCUT2D eigenvalue weighted by Crippen LogP contribution is -2.63. The number of benzene rings is 1. The van der Waals surface area contributed by atoms with Gasteiger partial charge in [-0.05, 0) is 124 Å². The number of carbonyl (C=O) groups excluding carboxylic acids is 17. The first-order valence-corrected chi connectivity index (χ1v) is 41.5. The van der Waals surface area contributed by atoms with Gasteiger partial charge in [-0.2, -0.15) is 0 Å². The predicted molar refractivity (Wildman–Crippen MR) is 460 cm³/mol. The molecule has 698 valence electrons. The number of primary amides is 3. The lowest BCUT2D eigenvalue weighted by atomic mass is 9.97. The molecule has 0 aliphatic heterocycles. The number of aromatic nitrogens is 2. The number of imidazole rings is 1. The van der Waals surface area contributed by atoms with E-state index in [0.717, 1.165) is 6.92 Å². The van der Waals surface area contributed by atoms with Crippen LogP contribution in [-0.2, 0) is 94.3 Å². The molecule has 2 aromatic rings. The average molecular weight is 1770 g/mol. The normalized spacial score (nSPS) is 15.1. The maximum absolute atomic E-state index is 14.9. The second-order valence-corrected chi connectivity index (χ2v) is 32.4. The standard InChI is InChI=1S/C80H129N27O19/c1-39(2)30-55(95-44(10)109)70(119)97-51(15-12-28-92-79(86)87)68(117)104-59(35-47-37-90-38-94-47)73(122)103-58(34-46-19-23-49(111)24-20-46)72(121)101-56(31-40(3)4)71(120)105-60(36-62(82)113)74(123)102-57(32-41(5)6)75(124)106-63(42(7)8)76(125)107-64(43(9)108)77(126)99-52(16-13-29-93-80(88)89)66(115)98-53(25-26-61(81)112)69(118)96-50(14-11-27-91-78(84)85)67(116)100-54(65(83)114)33-45-17-21-48(110)22-18-45/h17-23,37-43,50-60,63-64,108,110H,11-16,24-36H2,1-10H3,(H2,81,112)(H2,82,113)(H2,83,114)(H,90,94)(H,95,109)(H,96,118)(H,97,119)(H,98,115)(H,99,126)(H,100,116)(H,101,121)(H,102,123)(H,103,122)(H,104,117)(H,105,120)(H,106,124)(H,107,125)(H4,84,85,91)(H4,86,87,92)(H4,88,89,93)/t43-,50+,51+,52+,53+,54+,55+,56+,57+,58+,59+,60+,63+,64+/m1/s1. The Kier molecular flexibility index (Phi) is 46.1. The highest BCUT2D eigenvalue weighted by molar-refractivity contribution is 6.01. The molecule has 1 heterocycles. The summed E-state index contributed by atoms with van der Waals surface area (Å²) in [6.07, 6.45) is 1.75. The van der Waals surface area contributed by atoms with Crippen LogP contribution in [0.2, 0.25) is 0 Å². The van der Waals surface area contributed by atoms with Crippen molar-refractivity contribution in [3.8, 4) is 5.75 Å². The molecule has 46 nitrogen and oxygen atoms in total. The number of guanidine groups is 3. The number of aliphatic hydroxyl groups excluding tert-OH is 1. The molecule has 0 saturated carbocycles. The molecule has 0 bridgehead atoms. The summed E-state index contributed by atoms with van der Waals surface area (Å²) in [7, 11) is 0. The Bertz CT molecular complexity index is 4170. The zero-order chi connectivity index (χ0) is 94.8. The first-order valence-electron chi connectivity index (χ1n) is 41.5. The minimum absolute atomic E-state index is 0.0160.